The smallest absolute Gasteiger partial charge is 0.368 e. The molecule has 26 heavy (non-hydrogen) atoms. The second-order valence-corrected chi connectivity index (χ2v) is 8.66. The van der Waals surface area contributed by atoms with Gasteiger partial charge in [0.05, 0.1) is 16.2 Å². The zero-order valence-electron chi connectivity index (χ0n) is 14.3. The van der Waals surface area contributed by atoms with Crippen LogP contribution in [0.4, 0.5) is 18.9 Å². The Hall–Kier alpha value is -2.02. The molecule has 1 heterocycles. The van der Waals surface area contributed by atoms with Crippen molar-refractivity contribution >= 4 is 15.5 Å². The van der Waals surface area contributed by atoms with Crippen molar-refractivity contribution < 1.29 is 21.6 Å². The summed E-state index contributed by atoms with van der Waals surface area (Å²) in [6, 6.07) is 11.8. The Morgan fingerprint density at radius 3 is 2.38 bits per heavy atom. The molecule has 0 fully saturated rings. The standard InChI is InChI=1S/C19H20F3NO2S/c1-14(23-12-10-15-4-2-3-5-18(15)23)11-13-26(24,25)17-8-6-16(7-9-17)19(20,21)22/h2-9,14H,10-13H2,1H3. The molecule has 0 radical (unpaired) electrons. The molecule has 0 aliphatic carbocycles. The van der Waals surface area contributed by atoms with E-state index >= 15 is 0 Å². The van der Waals surface area contributed by atoms with Gasteiger partial charge in [-0.25, -0.2) is 8.42 Å². The van der Waals surface area contributed by atoms with Gasteiger partial charge in [0.2, 0.25) is 0 Å². The number of nitrogens with zero attached hydrogens (tertiary/aromatic N) is 1. The minimum absolute atomic E-state index is 0.0304. The Morgan fingerprint density at radius 2 is 1.73 bits per heavy atom. The van der Waals surface area contributed by atoms with Gasteiger partial charge in [-0.05, 0) is 55.7 Å². The third-order valence-corrected chi connectivity index (χ3v) is 6.56. The number of rotatable bonds is 5. The maximum absolute atomic E-state index is 12.6. The molecule has 0 aromatic heterocycles. The highest BCUT2D eigenvalue weighted by Gasteiger charge is 2.31. The highest BCUT2D eigenvalue weighted by molar-refractivity contribution is 7.91. The maximum Gasteiger partial charge on any atom is 0.416 e. The van der Waals surface area contributed by atoms with E-state index in [1.54, 1.807) is 0 Å². The fourth-order valence-corrected chi connectivity index (χ4v) is 4.71. The lowest BCUT2D eigenvalue weighted by molar-refractivity contribution is -0.137. The fraction of sp³-hybridized carbons (Fsp3) is 0.368. The molecule has 0 amide bonds. The highest BCUT2D eigenvalue weighted by Crippen LogP contribution is 2.31. The van der Waals surface area contributed by atoms with Crippen LogP contribution in [0.15, 0.2) is 53.4 Å². The predicted molar refractivity (Wildman–Crippen MR) is 95.1 cm³/mol. The maximum atomic E-state index is 12.6. The van der Waals surface area contributed by atoms with E-state index in [0.29, 0.717) is 6.42 Å². The molecule has 1 atom stereocenters. The lowest BCUT2D eigenvalue weighted by Crippen LogP contribution is -2.32. The van der Waals surface area contributed by atoms with Crippen LogP contribution in [0, 0.1) is 0 Å². The summed E-state index contributed by atoms with van der Waals surface area (Å²) in [6.07, 6.45) is -3.12. The Kier molecular flexibility index (Phi) is 5.01. The van der Waals surface area contributed by atoms with E-state index in [1.165, 1.54) is 5.56 Å². The van der Waals surface area contributed by atoms with Crippen LogP contribution < -0.4 is 4.90 Å². The summed E-state index contributed by atoms with van der Waals surface area (Å²) in [6.45, 7) is 2.82. The first-order valence-corrected chi connectivity index (χ1v) is 10.1. The Morgan fingerprint density at radius 1 is 1.08 bits per heavy atom. The van der Waals surface area contributed by atoms with E-state index in [1.807, 2.05) is 25.1 Å². The molecule has 0 N–H and O–H groups in total. The first kappa shape index (κ1) is 18.8. The second kappa shape index (κ2) is 6.95. The average Bonchev–Trinajstić information content (AvgIpc) is 3.03. The number of fused-ring (bicyclic) bond motifs is 1. The number of alkyl halides is 3. The zero-order valence-corrected chi connectivity index (χ0v) is 15.1. The summed E-state index contributed by atoms with van der Waals surface area (Å²) in [7, 11) is -3.62. The third-order valence-electron chi connectivity index (χ3n) is 4.80. The van der Waals surface area contributed by atoms with Crippen LogP contribution in [-0.2, 0) is 22.4 Å². The summed E-state index contributed by atoms with van der Waals surface area (Å²) in [5, 5.41) is 0. The molecule has 1 aliphatic heterocycles. The predicted octanol–water partition coefficient (Wildman–Crippen LogP) is 4.32. The number of benzene rings is 2. The van der Waals surface area contributed by atoms with Gasteiger partial charge < -0.3 is 4.90 Å². The van der Waals surface area contributed by atoms with Crippen molar-refractivity contribution in [2.24, 2.45) is 0 Å². The molecule has 3 rings (SSSR count). The molecule has 0 saturated heterocycles. The first-order chi connectivity index (χ1) is 12.2. The van der Waals surface area contributed by atoms with Gasteiger partial charge >= 0.3 is 6.18 Å². The lowest BCUT2D eigenvalue weighted by atomic mass is 10.1. The lowest BCUT2D eigenvalue weighted by Gasteiger charge is -2.27. The molecule has 0 bridgehead atoms. The van der Waals surface area contributed by atoms with Gasteiger partial charge in [0, 0.05) is 18.3 Å². The number of para-hydroxylation sites is 1. The molecular formula is C19H20F3NO2S. The van der Waals surface area contributed by atoms with Gasteiger partial charge in [0.25, 0.3) is 0 Å². The average molecular weight is 383 g/mol. The Bertz CT molecular complexity index is 876. The highest BCUT2D eigenvalue weighted by atomic mass is 32.2. The number of halogens is 3. The Labute approximate surface area is 151 Å². The van der Waals surface area contributed by atoms with E-state index in [-0.39, 0.29) is 16.7 Å². The number of hydrogen-bond donors (Lipinski definition) is 0. The number of hydrogen-bond acceptors (Lipinski definition) is 3. The molecule has 2 aromatic rings. The van der Waals surface area contributed by atoms with Crippen LogP contribution in [0.5, 0.6) is 0 Å². The zero-order chi connectivity index (χ0) is 18.9. The fourth-order valence-electron chi connectivity index (χ4n) is 3.27. The SMILES string of the molecule is CC(CCS(=O)(=O)c1ccc(C(F)(F)F)cc1)N1CCc2ccccc21. The van der Waals surface area contributed by atoms with Crippen molar-refractivity contribution in [3.63, 3.8) is 0 Å². The van der Waals surface area contributed by atoms with Gasteiger partial charge in [0.15, 0.2) is 9.84 Å². The van der Waals surface area contributed by atoms with Crippen molar-refractivity contribution in [3.8, 4) is 0 Å². The Balaban J connectivity index is 1.67. The van der Waals surface area contributed by atoms with Gasteiger partial charge in [-0.1, -0.05) is 18.2 Å². The van der Waals surface area contributed by atoms with E-state index in [0.717, 1.165) is 42.9 Å². The second-order valence-electron chi connectivity index (χ2n) is 6.55. The summed E-state index contributed by atoms with van der Waals surface area (Å²) < 4.78 is 62.7. The summed E-state index contributed by atoms with van der Waals surface area (Å²) in [4.78, 5) is 2.12. The van der Waals surface area contributed by atoms with Crippen LogP contribution in [0.3, 0.4) is 0 Å². The van der Waals surface area contributed by atoms with Crippen LogP contribution in [-0.4, -0.2) is 26.8 Å². The molecule has 0 spiro atoms. The minimum Gasteiger partial charge on any atom is -0.368 e. The van der Waals surface area contributed by atoms with Gasteiger partial charge in [-0.15, -0.1) is 0 Å². The molecule has 3 nitrogen and oxygen atoms in total. The van der Waals surface area contributed by atoms with E-state index < -0.39 is 21.6 Å². The third kappa shape index (κ3) is 3.87. The number of anilines is 1. The van der Waals surface area contributed by atoms with Gasteiger partial charge in [0.1, 0.15) is 0 Å². The summed E-state index contributed by atoms with van der Waals surface area (Å²) in [5.41, 5.74) is 1.54. The summed E-state index contributed by atoms with van der Waals surface area (Å²) in [5.74, 6) is -0.0990. The quantitative estimate of drug-likeness (QED) is 0.772. The van der Waals surface area contributed by atoms with Crippen molar-refractivity contribution in [2.75, 3.05) is 17.2 Å². The van der Waals surface area contributed by atoms with Crippen LogP contribution >= 0.6 is 0 Å². The van der Waals surface area contributed by atoms with Crippen molar-refractivity contribution in [1.82, 2.24) is 0 Å². The van der Waals surface area contributed by atoms with Gasteiger partial charge in [-0.3, -0.25) is 0 Å². The van der Waals surface area contributed by atoms with E-state index in [9.17, 15) is 21.6 Å². The largest absolute Gasteiger partial charge is 0.416 e. The number of sulfone groups is 1. The molecule has 140 valence electrons. The van der Waals surface area contributed by atoms with Crippen molar-refractivity contribution in [3.05, 3.63) is 59.7 Å². The molecule has 2 aromatic carbocycles. The first-order valence-electron chi connectivity index (χ1n) is 8.43. The van der Waals surface area contributed by atoms with Crippen molar-refractivity contribution in [1.29, 1.82) is 0 Å². The monoisotopic (exact) mass is 383 g/mol. The van der Waals surface area contributed by atoms with Crippen LogP contribution in [0.1, 0.15) is 24.5 Å². The molecule has 1 unspecified atom stereocenters. The molecule has 0 saturated carbocycles. The van der Waals surface area contributed by atoms with Gasteiger partial charge in [-0.2, -0.15) is 13.2 Å². The molecule has 1 aliphatic rings. The van der Waals surface area contributed by atoms with Crippen LogP contribution in [0.25, 0.3) is 0 Å². The minimum atomic E-state index is -4.47. The topological polar surface area (TPSA) is 37.4 Å². The summed E-state index contributed by atoms with van der Waals surface area (Å²) >= 11 is 0. The normalized spacial score (nSPS) is 15.8. The van der Waals surface area contributed by atoms with E-state index in [2.05, 4.69) is 11.0 Å². The van der Waals surface area contributed by atoms with Crippen molar-refractivity contribution in [2.45, 2.75) is 36.9 Å². The van der Waals surface area contributed by atoms with Crippen LogP contribution in [0.2, 0.25) is 0 Å². The molecule has 7 heteroatoms. The molecular weight excluding hydrogens is 363 g/mol. The van der Waals surface area contributed by atoms with E-state index in [4.69, 9.17) is 0 Å².